The Kier molecular flexibility index (Phi) is 3.42. The van der Waals surface area contributed by atoms with Gasteiger partial charge >= 0.3 is 0 Å². The van der Waals surface area contributed by atoms with Crippen molar-refractivity contribution < 1.29 is 0 Å². The number of hydrogen-bond donors (Lipinski definition) is 0. The molecule has 1 heteroatoms. The van der Waals surface area contributed by atoms with E-state index in [0.29, 0.717) is 0 Å². The first-order valence-corrected chi connectivity index (χ1v) is 6.60. The summed E-state index contributed by atoms with van der Waals surface area (Å²) < 4.78 is 0. The topological polar surface area (TPSA) is 12.9 Å². The molecule has 1 nitrogen and oxygen atoms in total. The van der Waals surface area contributed by atoms with E-state index in [1.807, 2.05) is 30.6 Å². The van der Waals surface area contributed by atoms with Gasteiger partial charge in [-0.3, -0.25) is 4.98 Å². The van der Waals surface area contributed by atoms with Crippen molar-refractivity contribution in [2.45, 2.75) is 0 Å². The number of nitrogens with zero attached hydrogens (tertiary/aromatic N) is 1. The first kappa shape index (κ1) is 12.4. The molecule has 0 bridgehead atoms. The fourth-order valence-electron chi connectivity index (χ4n) is 2.27. The van der Waals surface area contributed by atoms with Gasteiger partial charge in [0.2, 0.25) is 0 Å². The first-order chi connectivity index (χ1) is 9.86. The van der Waals surface area contributed by atoms with Gasteiger partial charge in [0.1, 0.15) is 0 Å². The molecule has 0 fully saturated rings. The highest BCUT2D eigenvalue weighted by molar-refractivity contribution is 5.74. The number of hydrogen-bond acceptors (Lipinski definition) is 1. The van der Waals surface area contributed by atoms with Crippen LogP contribution in [-0.4, -0.2) is 4.98 Å². The molecule has 0 spiro atoms. The Balaban J connectivity index is 2.05. The summed E-state index contributed by atoms with van der Waals surface area (Å²) in [6, 6.07) is 21.0. The lowest BCUT2D eigenvalue weighted by Crippen LogP contribution is -1.82. The molecule has 0 aliphatic heterocycles. The lowest BCUT2D eigenvalue weighted by molar-refractivity contribution is 1.33. The van der Waals surface area contributed by atoms with Gasteiger partial charge in [-0.1, -0.05) is 49.1 Å². The highest BCUT2D eigenvalue weighted by Crippen LogP contribution is 2.26. The molecule has 0 N–H and O–H groups in total. The van der Waals surface area contributed by atoms with Gasteiger partial charge in [-0.2, -0.15) is 0 Å². The van der Waals surface area contributed by atoms with E-state index < -0.39 is 0 Å². The summed E-state index contributed by atoms with van der Waals surface area (Å²) in [5, 5.41) is 0. The van der Waals surface area contributed by atoms with Gasteiger partial charge in [-0.05, 0) is 52.1 Å². The smallest absolute Gasteiger partial charge is 0.0273 e. The van der Waals surface area contributed by atoms with E-state index in [9.17, 15) is 0 Å². The Morgan fingerprint density at radius 1 is 0.700 bits per heavy atom. The molecule has 0 saturated heterocycles. The van der Waals surface area contributed by atoms with Crippen molar-refractivity contribution in [3.05, 3.63) is 85.2 Å². The van der Waals surface area contributed by atoms with Crippen LogP contribution < -0.4 is 0 Å². The second-order valence-electron chi connectivity index (χ2n) is 4.65. The summed E-state index contributed by atoms with van der Waals surface area (Å²) in [5.74, 6) is 0. The summed E-state index contributed by atoms with van der Waals surface area (Å²) >= 11 is 0. The van der Waals surface area contributed by atoms with Crippen LogP contribution in [0.2, 0.25) is 0 Å². The maximum atomic E-state index is 4.06. The molecule has 0 saturated carbocycles. The SMILES string of the molecule is C=Cc1cccc(-c2cccc(-c3ccncc3)c2)c1. The third-order valence-corrected chi connectivity index (χ3v) is 3.33. The van der Waals surface area contributed by atoms with Gasteiger partial charge in [0, 0.05) is 12.4 Å². The van der Waals surface area contributed by atoms with Crippen molar-refractivity contribution in [3.63, 3.8) is 0 Å². The number of benzene rings is 2. The maximum Gasteiger partial charge on any atom is 0.0273 e. The summed E-state index contributed by atoms with van der Waals surface area (Å²) in [5.41, 5.74) is 5.94. The normalized spacial score (nSPS) is 10.2. The number of pyridine rings is 1. The molecule has 96 valence electrons. The fourth-order valence-corrected chi connectivity index (χ4v) is 2.27. The predicted octanol–water partition coefficient (Wildman–Crippen LogP) is 5.06. The Labute approximate surface area is 119 Å². The predicted molar refractivity (Wildman–Crippen MR) is 85.2 cm³/mol. The molecule has 3 aromatic rings. The van der Waals surface area contributed by atoms with Gasteiger partial charge < -0.3 is 0 Å². The van der Waals surface area contributed by atoms with Crippen LogP contribution in [0.25, 0.3) is 28.3 Å². The third kappa shape index (κ3) is 2.52. The van der Waals surface area contributed by atoms with Crippen LogP contribution in [0.4, 0.5) is 0 Å². The van der Waals surface area contributed by atoms with Gasteiger partial charge in [0.05, 0.1) is 0 Å². The second kappa shape index (κ2) is 5.54. The molecular weight excluding hydrogens is 242 g/mol. The Bertz CT molecular complexity index is 730. The third-order valence-electron chi connectivity index (χ3n) is 3.33. The van der Waals surface area contributed by atoms with E-state index in [1.165, 1.54) is 22.3 Å². The minimum absolute atomic E-state index is 1.14. The van der Waals surface area contributed by atoms with Gasteiger partial charge in [0.25, 0.3) is 0 Å². The largest absolute Gasteiger partial charge is 0.265 e. The molecule has 1 heterocycles. The van der Waals surface area contributed by atoms with Crippen molar-refractivity contribution in [1.29, 1.82) is 0 Å². The highest BCUT2D eigenvalue weighted by atomic mass is 14.6. The van der Waals surface area contributed by atoms with Crippen molar-refractivity contribution in [2.24, 2.45) is 0 Å². The van der Waals surface area contributed by atoms with Crippen LogP contribution in [0.5, 0.6) is 0 Å². The van der Waals surface area contributed by atoms with Crippen LogP contribution >= 0.6 is 0 Å². The average Bonchev–Trinajstić information content (AvgIpc) is 2.56. The molecule has 0 aliphatic carbocycles. The second-order valence-corrected chi connectivity index (χ2v) is 4.65. The Morgan fingerprint density at radius 3 is 2.00 bits per heavy atom. The van der Waals surface area contributed by atoms with Crippen LogP contribution in [0, 0.1) is 0 Å². The van der Waals surface area contributed by atoms with Gasteiger partial charge in [-0.15, -0.1) is 0 Å². The van der Waals surface area contributed by atoms with Crippen molar-refractivity contribution in [3.8, 4) is 22.3 Å². The van der Waals surface area contributed by atoms with Crippen LogP contribution in [0.15, 0.2) is 79.6 Å². The number of rotatable bonds is 3. The summed E-state index contributed by atoms with van der Waals surface area (Å²) in [4.78, 5) is 4.06. The van der Waals surface area contributed by atoms with Crippen LogP contribution in [0.1, 0.15) is 5.56 Å². The molecule has 0 amide bonds. The van der Waals surface area contributed by atoms with Crippen LogP contribution in [-0.2, 0) is 0 Å². The van der Waals surface area contributed by atoms with Crippen molar-refractivity contribution in [2.75, 3.05) is 0 Å². The van der Waals surface area contributed by atoms with E-state index in [1.54, 1.807) is 0 Å². The van der Waals surface area contributed by atoms with Crippen molar-refractivity contribution >= 4 is 6.08 Å². The first-order valence-electron chi connectivity index (χ1n) is 6.60. The zero-order valence-electron chi connectivity index (χ0n) is 11.2. The highest BCUT2D eigenvalue weighted by Gasteiger charge is 2.01. The maximum absolute atomic E-state index is 4.06. The fraction of sp³-hybridized carbons (Fsp3) is 0. The number of aromatic nitrogens is 1. The molecule has 0 aliphatic rings. The Morgan fingerprint density at radius 2 is 1.30 bits per heavy atom. The minimum Gasteiger partial charge on any atom is -0.265 e. The average molecular weight is 257 g/mol. The zero-order chi connectivity index (χ0) is 13.8. The zero-order valence-corrected chi connectivity index (χ0v) is 11.2. The van der Waals surface area contributed by atoms with E-state index in [2.05, 4.69) is 60.1 Å². The van der Waals surface area contributed by atoms with Crippen LogP contribution in [0.3, 0.4) is 0 Å². The molecule has 0 radical (unpaired) electrons. The standard InChI is InChI=1S/C19H15N/c1-2-15-5-3-6-17(13-15)19-8-4-7-18(14-19)16-9-11-20-12-10-16/h2-14H,1H2. The summed E-state index contributed by atoms with van der Waals surface area (Å²) in [7, 11) is 0. The van der Waals surface area contributed by atoms with E-state index in [4.69, 9.17) is 0 Å². The van der Waals surface area contributed by atoms with E-state index in [0.717, 1.165) is 5.56 Å². The quantitative estimate of drug-likeness (QED) is 0.639. The monoisotopic (exact) mass is 257 g/mol. The summed E-state index contributed by atoms with van der Waals surface area (Å²) in [6.07, 6.45) is 5.51. The van der Waals surface area contributed by atoms with E-state index >= 15 is 0 Å². The molecular formula is C19H15N. The molecule has 0 atom stereocenters. The Hall–Kier alpha value is -2.67. The molecule has 20 heavy (non-hydrogen) atoms. The summed E-state index contributed by atoms with van der Waals surface area (Å²) in [6.45, 7) is 3.82. The lowest BCUT2D eigenvalue weighted by atomic mass is 9.98. The molecule has 0 unspecified atom stereocenters. The van der Waals surface area contributed by atoms with E-state index in [-0.39, 0.29) is 0 Å². The molecule has 3 rings (SSSR count). The lowest BCUT2D eigenvalue weighted by Gasteiger charge is -2.06. The molecule has 1 aromatic heterocycles. The van der Waals surface area contributed by atoms with Gasteiger partial charge in [-0.25, -0.2) is 0 Å². The molecule has 2 aromatic carbocycles. The van der Waals surface area contributed by atoms with Gasteiger partial charge in [0.15, 0.2) is 0 Å². The van der Waals surface area contributed by atoms with Crippen molar-refractivity contribution in [1.82, 2.24) is 4.98 Å². The minimum atomic E-state index is 1.14.